The fraction of sp³-hybridized carbons (Fsp3) is 0.0476. The summed E-state index contributed by atoms with van der Waals surface area (Å²) >= 11 is 5.95. The van der Waals surface area contributed by atoms with E-state index in [0.717, 1.165) is 0 Å². The van der Waals surface area contributed by atoms with Crippen LogP contribution in [0.15, 0.2) is 91.0 Å². The highest BCUT2D eigenvalue weighted by Crippen LogP contribution is 2.26. The first kappa shape index (κ1) is 14.6. The van der Waals surface area contributed by atoms with Crippen molar-refractivity contribution in [3.8, 4) is 11.1 Å². The van der Waals surface area contributed by atoms with Crippen LogP contribution in [0.4, 0.5) is 0 Å². The van der Waals surface area contributed by atoms with Gasteiger partial charge in [0.05, 0.1) is 0 Å². The maximum absolute atomic E-state index is 5.95. The van der Waals surface area contributed by atoms with Crippen LogP contribution in [-0.4, -0.2) is 5.88 Å². The van der Waals surface area contributed by atoms with Crippen LogP contribution < -0.4 is 0 Å². The van der Waals surface area contributed by atoms with Crippen molar-refractivity contribution in [3.05, 3.63) is 102 Å². The van der Waals surface area contributed by atoms with Crippen molar-refractivity contribution in [2.24, 2.45) is 0 Å². The zero-order valence-corrected chi connectivity index (χ0v) is 13.0. The van der Waals surface area contributed by atoms with Crippen LogP contribution in [0.25, 0.3) is 16.7 Å². The third-order valence-corrected chi connectivity index (χ3v) is 3.82. The van der Waals surface area contributed by atoms with Crippen molar-refractivity contribution in [2.45, 2.75) is 0 Å². The lowest BCUT2D eigenvalue weighted by Crippen LogP contribution is -1.89. The van der Waals surface area contributed by atoms with Crippen molar-refractivity contribution in [3.63, 3.8) is 0 Å². The van der Waals surface area contributed by atoms with E-state index in [4.69, 9.17) is 11.6 Å². The minimum absolute atomic E-state index is 0.505. The Morgan fingerprint density at radius 3 is 1.73 bits per heavy atom. The summed E-state index contributed by atoms with van der Waals surface area (Å²) in [5.74, 6) is 0.505. The molecule has 22 heavy (non-hydrogen) atoms. The Balaban J connectivity index is 1.96. The average Bonchev–Trinajstić information content (AvgIpc) is 2.61. The van der Waals surface area contributed by atoms with Gasteiger partial charge in [-0.25, -0.2) is 0 Å². The van der Waals surface area contributed by atoms with Crippen LogP contribution in [0.1, 0.15) is 11.1 Å². The van der Waals surface area contributed by atoms with Crippen molar-refractivity contribution in [1.82, 2.24) is 0 Å². The second-order valence-corrected chi connectivity index (χ2v) is 5.39. The summed E-state index contributed by atoms with van der Waals surface area (Å²) in [7, 11) is 0. The molecular weight excluding hydrogens is 288 g/mol. The number of hydrogen-bond acceptors (Lipinski definition) is 0. The first-order valence-electron chi connectivity index (χ1n) is 7.36. The average molecular weight is 305 g/mol. The lowest BCUT2D eigenvalue weighted by atomic mass is 9.95. The molecule has 0 radical (unpaired) electrons. The Morgan fingerprint density at radius 1 is 0.636 bits per heavy atom. The van der Waals surface area contributed by atoms with Gasteiger partial charge in [-0.1, -0.05) is 91.0 Å². The fourth-order valence-corrected chi connectivity index (χ4v) is 2.72. The van der Waals surface area contributed by atoms with Gasteiger partial charge in [0, 0.05) is 5.88 Å². The van der Waals surface area contributed by atoms with Gasteiger partial charge in [0.15, 0.2) is 0 Å². The highest BCUT2D eigenvalue weighted by atomic mass is 35.5. The monoisotopic (exact) mass is 304 g/mol. The molecule has 108 valence electrons. The van der Waals surface area contributed by atoms with Gasteiger partial charge in [-0.05, 0) is 27.8 Å². The molecule has 0 saturated heterocycles. The van der Waals surface area contributed by atoms with E-state index in [0.29, 0.717) is 5.88 Å². The molecule has 0 saturated carbocycles. The molecule has 3 rings (SSSR count). The largest absolute Gasteiger partial charge is 0.122 e. The molecule has 3 aromatic rings. The summed E-state index contributed by atoms with van der Waals surface area (Å²) in [6.07, 6.45) is 2.06. The van der Waals surface area contributed by atoms with Gasteiger partial charge in [-0.2, -0.15) is 0 Å². The molecule has 0 amide bonds. The summed E-state index contributed by atoms with van der Waals surface area (Å²) in [6.45, 7) is 0. The summed E-state index contributed by atoms with van der Waals surface area (Å²) < 4.78 is 0. The highest BCUT2D eigenvalue weighted by molar-refractivity contribution is 6.19. The summed E-state index contributed by atoms with van der Waals surface area (Å²) in [5.41, 5.74) is 6.01. The van der Waals surface area contributed by atoms with E-state index in [2.05, 4.69) is 78.9 Å². The normalized spacial score (nSPS) is 11.4. The molecule has 0 heterocycles. The smallest absolute Gasteiger partial charge is 0.0413 e. The van der Waals surface area contributed by atoms with Crippen LogP contribution in [0.5, 0.6) is 0 Å². The zero-order chi connectivity index (χ0) is 15.2. The van der Waals surface area contributed by atoms with Crippen LogP contribution in [0.3, 0.4) is 0 Å². The molecule has 0 bridgehead atoms. The first-order valence-corrected chi connectivity index (χ1v) is 7.89. The summed E-state index contributed by atoms with van der Waals surface area (Å²) in [6, 6.07) is 29.4. The van der Waals surface area contributed by atoms with Gasteiger partial charge >= 0.3 is 0 Å². The number of hydrogen-bond donors (Lipinski definition) is 0. The van der Waals surface area contributed by atoms with Gasteiger partial charge in [-0.3, -0.25) is 0 Å². The minimum atomic E-state index is 0.505. The standard InChI is InChI=1S/C21H17Cl/c22-16-15-21(19-9-5-2-6-10-19)20-13-11-18(12-14-20)17-7-3-1-4-8-17/h1-15H,16H2. The molecule has 0 spiro atoms. The molecule has 3 aromatic carbocycles. The maximum atomic E-state index is 5.95. The number of allylic oxidation sites excluding steroid dienone is 1. The molecule has 0 aliphatic carbocycles. The van der Waals surface area contributed by atoms with Crippen LogP contribution >= 0.6 is 11.6 Å². The molecule has 0 N–H and O–H groups in total. The molecule has 0 unspecified atom stereocenters. The molecule has 0 aromatic heterocycles. The lowest BCUT2D eigenvalue weighted by molar-refractivity contribution is 1.52. The van der Waals surface area contributed by atoms with E-state index >= 15 is 0 Å². The van der Waals surface area contributed by atoms with Gasteiger partial charge < -0.3 is 0 Å². The van der Waals surface area contributed by atoms with E-state index in [1.165, 1.54) is 27.8 Å². The summed E-state index contributed by atoms with van der Waals surface area (Å²) in [5, 5.41) is 0. The number of benzene rings is 3. The van der Waals surface area contributed by atoms with Crippen LogP contribution in [0.2, 0.25) is 0 Å². The van der Waals surface area contributed by atoms with Crippen molar-refractivity contribution < 1.29 is 0 Å². The summed E-state index contributed by atoms with van der Waals surface area (Å²) in [4.78, 5) is 0. The van der Waals surface area contributed by atoms with Crippen molar-refractivity contribution >= 4 is 17.2 Å². The first-order chi connectivity index (χ1) is 10.9. The molecule has 0 nitrogen and oxygen atoms in total. The van der Waals surface area contributed by atoms with Crippen LogP contribution in [-0.2, 0) is 0 Å². The third kappa shape index (κ3) is 3.29. The van der Waals surface area contributed by atoms with Gasteiger partial charge in [0.25, 0.3) is 0 Å². The lowest BCUT2D eigenvalue weighted by Gasteiger charge is -2.09. The molecule has 1 heteroatoms. The minimum Gasteiger partial charge on any atom is -0.122 e. The van der Waals surface area contributed by atoms with E-state index < -0.39 is 0 Å². The van der Waals surface area contributed by atoms with E-state index in [1.807, 2.05) is 12.1 Å². The molecule has 0 atom stereocenters. The van der Waals surface area contributed by atoms with E-state index in [9.17, 15) is 0 Å². The molecule has 0 aliphatic heterocycles. The van der Waals surface area contributed by atoms with Crippen LogP contribution in [0, 0.1) is 0 Å². The number of rotatable bonds is 4. The molecular formula is C21H17Cl. The fourth-order valence-electron chi connectivity index (χ4n) is 2.57. The predicted octanol–water partition coefficient (Wildman–Crippen LogP) is 6.02. The molecule has 0 fully saturated rings. The Labute approximate surface area is 136 Å². The third-order valence-electron chi connectivity index (χ3n) is 3.67. The van der Waals surface area contributed by atoms with Gasteiger partial charge in [0.2, 0.25) is 0 Å². The quantitative estimate of drug-likeness (QED) is 0.517. The number of halogens is 1. The van der Waals surface area contributed by atoms with E-state index in [1.54, 1.807) is 0 Å². The van der Waals surface area contributed by atoms with Crippen molar-refractivity contribution in [2.75, 3.05) is 5.88 Å². The Bertz CT molecular complexity index is 741. The zero-order valence-electron chi connectivity index (χ0n) is 12.2. The topological polar surface area (TPSA) is 0 Å². The highest BCUT2D eigenvalue weighted by Gasteiger charge is 2.05. The second kappa shape index (κ2) is 7.11. The van der Waals surface area contributed by atoms with E-state index in [-0.39, 0.29) is 0 Å². The van der Waals surface area contributed by atoms with Gasteiger partial charge in [0.1, 0.15) is 0 Å². The number of alkyl halides is 1. The maximum Gasteiger partial charge on any atom is 0.0413 e. The molecule has 0 aliphatic rings. The Morgan fingerprint density at radius 2 is 1.14 bits per heavy atom. The SMILES string of the molecule is ClCC=C(c1ccccc1)c1ccc(-c2ccccc2)cc1. The predicted molar refractivity (Wildman–Crippen MR) is 96.1 cm³/mol. The van der Waals surface area contributed by atoms with Gasteiger partial charge in [-0.15, -0.1) is 11.6 Å². The Kier molecular flexibility index (Phi) is 4.72. The Hall–Kier alpha value is -2.31. The second-order valence-electron chi connectivity index (χ2n) is 5.08. The van der Waals surface area contributed by atoms with Crippen molar-refractivity contribution in [1.29, 1.82) is 0 Å².